The first-order chi connectivity index (χ1) is 7.66. The monoisotopic (exact) mass is 229 g/mol. The molecule has 2 heteroatoms. The second kappa shape index (κ2) is 11.4. The zero-order chi connectivity index (χ0) is 12.2. The Bertz CT molecular complexity index is 137. The van der Waals surface area contributed by atoms with Gasteiger partial charge < -0.3 is 10.4 Å². The Labute approximate surface area is 102 Å². The van der Waals surface area contributed by atoms with Gasteiger partial charge in [-0.3, -0.25) is 0 Å². The Morgan fingerprint density at radius 1 is 0.938 bits per heavy atom. The van der Waals surface area contributed by atoms with Gasteiger partial charge in [0.25, 0.3) is 0 Å². The third kappa shape index (κ3) is 12.0. The minimum Gasteiger partial charge on any atom is -0.392 e. The van der Waals surface area contributed by atoms with Crippen molar-refractivity contribution >= 4 is 0 Å². The highest BCUT2D eigenvalue weighted by Crippen LogP contribution is 2.09. The largest absolute Gasteiger partial charge is 0.392 e. The number of rotatable bonds is 11. The fourth-order valence-corrected chi connectivity index (χ4v) is 1.81. The van der Waals surface area contributed by atoms with Crippen LogP contribution in [-0.4, -0.2) is 23.8 Å². The molecule has 0 saturated carbocycles. The van der Waals surface area contributed by atoms with Gasteiger partial charge in [0.2, 0.25) is 0 Å². The van der Waals surface area contributed by atoms with E-state index in [-0.39, 0.29) is 6.10 Å². The Balaban J connectivity index is 3.12. The van der Waals surface area contributed by atoms with Crippen molar-refractivity contribution in [2.75, 3.05) is 6.54 Å². The smallest absolute Gasteiger partial charge is 0.0664 e. The molecule has 0 aliphatic heterocycles. The molecule has 0 saturated heterocycles. The summed E-state index contributed by atoms with van der Waals surface area (Å²) >= 11 is 0. The number of aliphatic hydroxyl groups is 1. The number of hydrogen-bond donors (Lipinski definition) is 2. The van der Waals surface area contributed by atoms with Gasteiger partial charge in [0.05, 0.1) is 6.10 Å². The van der Waals surface area contributed by atoms with Crippen LogP contribution >= 0.6 is 0 Å². The molecule has 0 heterocycles. The third-order valence-corrected chi connectivity index (χ3v) is 2.90. The van der Waals surface area contributed by atoms with Crippen LogP contribution in [0.3, 0.4) is 0 Å². The van der Waals surface area contributed by atoms with Gasteiger partial charge in [-0.2, -0.15) is 0 Å². The molecule has 98 valence electrons. The topological polar surface area (TPSA) is 32.3 Å². The van der Waals surface area contributed by atoms with Gasteiger partial charge in [0.15, 0.2) is 0 Å². The maximum Gasteiger partial charge on any atom is 0.0664 e. The van der Waals surface area contributed by atoms with Crippen LogP contribution in [0.15, 0.2) is 0 Å². The zero-order valence-electron chi connectivity index (χ0n) is 11.5. The molecular formula is C14H31NO. The van der Waals surface area contributed by atoms with Crippen molar-refractivity contribution in [2.45, 2.75) is 84.3 Å². The summed E-state index contributed by atoms with van der Waals surface area (Å²) in [7, 11) is 0. The van der Waals surface area contributed by atoms with Crippen LogP contribution < -0.4 is 5.32 Å². The Morgan fingerprint density at radius 3 is 2.06 bits per heavy atom. The van der Waals surface area contributed by atoms with Gasteiger partial charge in [-0.15, -0.1) is 0 Å². The summed E-state index contributed by atoms with van der Waals surface area (Å²) in [6, 6.07) is 0.476. The van der Waals surface area contributed by atoms with E-state index in [1.54, 1.807) is 0 Å². The van der Waals surface area contributed by atoms with Gasteiger partial charge in [0.1, 0.15) is 0 Å². The molecule has 0 rings (SSSR count). The van der Waals surface area contributed by atoms with Crippen molar-refractivity contribution < 1.29 is 5.11 Å². The lowest BCUT2D eigenvalue weighted by Crippen LogP contribution is -2.31. The molecule has 0 aliphatic rings. The van der Waals surface area contributed by atoms with Crippen LogP contribution in [-0.2, 0) is 0 Å². The SMILES string of the molecule is CCCCCCCCCC(O)CNC(C)C. The molecule has 0 radical (unpaired) electrons. The van der Waals surface area contributed by atoms with Crippen LogP contribution in [0, 0.1) is 0 Å². The normalized spacial score (nSPS) is 13.3. The predicted molar refractivity (Wildman–Crippen MR) is 71.8 cm³/mol. The molecule has 0 aromatic carbocycles. The van der Waals surface area contributed by atoms with E-state index in [1.807, 2.05) is 0 Å². The van der Waals surface area contributed by atoms with Crippen LogP contribution in [0.5, 0.6) is 0 Å². The zero-order valence-corrected chi connectivity index (χ0v) is 11.5. The lowest BCUT2D eigenvalue weighted by Gasteiger charge is -2.13. The van der Waals surface area contributed by atoms with Crippen LogP contribution in [0.4, 0.5) is 0 Å². The van der Waals surface area contributed by atoms with Gasteiger partial charge in [-0.25, -0.2) is 0 Å². The van der Waals surface area contributed by atoms with E-state index in [0.29, 0.717) is 6.04 Å². The quantitative estimate of drug-likeness (QED) is 0.532. The van der Waals surface area contributed by atoms with Crippen molar-refractivity contribution in [3.8, 4) is 0 Å². The molecule has 0 amide bonds. The van der Waals surface area contributed by atoms with Gasteiger partial charge in [0, 0.05) is 12.6 Å². The predicted octanol–water partition coefficient (Wildman–Crippen LogP) is 3.49. The van der Waals surface area contributed by atoms with E-state index < -0.39 is 0 Å². The molecule has 0 spiro atoms. The highest BCUT2D eigenvalue weighted by Gasteiger charge is 2.03. The summed E-state index contributed by atoms with van der Waals surface area (Å²) in [4.78, 5) is 0. The molecule has 2 N–H and O–H groups in total. The van der Waals surface area contributed by atoms with Crippen molar-refractivity contribution in [1.82, 2.24) is 5.32 Å². The first-order valence-electron chi connectivity index (χ1n) is 7.08. The van der Waals surface area contributed by atoms with E-state index in [9.17, 15) is 5.11 Å². The average molecular weight is 229 g/mol. The third-order valence-electron chi connectivity index (χ3n) is 2.90. The molecule has 0 bridgehead atoms. The molecular weight excluding hydrogens is 198 g/mol. The second-order valence-electron chi connectivity index (χ2n) is 5.13. The van der Waals surface area contributed by atoms with E-state index in [2.05, 4.69) is 26.1 Å². The van der Waals surface area contributed by atoms with Gasteiger partial charge >= 0.3 is 0 Å². The van der Waals surface area contributed by atoms with E-state index >= 15 is 0 Å². The van der Waals surface area contributed by atoms with E-state index in [4.69, 9.17) is 0 Å². The minimum absolute atomic E-state index is 0.155. The Hall–Kier alpha value is -0.0800. The summed E-state index contributed by atoms with van der Waals surface area (Å²) < 4.78 is 0. The summed E-state index contributed by atoms with van der Waals surface area (Å²) in [5.74, 6) is 0. The maximum absolute atomic E-state index is 9.68. The highest BCUT2D eigenvalue weighted by molar-refractivity contribution is 4.62. The minimum atomic E-state index is -0.155. The molecule has 1 unspecified atom stereocenters. The molecule has 0 aliphatic carbocycles. The average Bonchev–Trinajstić information content (AvgIpc) is 2.25. The van der Waals surface area contributed by atoms with Crippen LogP contribution in [0.2, 0.25) is 0 Å². The highest BCUT2D eigenvalue weighted by atomic mass is 16.3. The molecule has 16 heavy (non-hydrogen) atoms. The van der Waals surface area contributed by atoms with E-state index in [0.717, 1.165) is 13.0 Å². The number of hydrogen-bond acceptors (Lipinski definition) is 2. The Morgan fingerprint density at radius 2 is 1.50 bits per heavy atom. The van der Waals surface area contributed by atoms with Crippen molar-refractivity contribution in [2.24, 2.45) is 0 Å². The van der Waals surface area contributed by atoms with Crippen LogP contribution in [0.25, 0.3) is 0 Å². The second-order valence-corrected chi connectivity index (χ2v) is 5.13. The van der Waals surface area contributed by atoms with Gasteiger partial charge in [-0.05, 0) is 6.42 Å². The number of nitrogens with one attached hydrogen (secondary N) is 1. The number of aliphatic hydroxyl groups excluding tert-OH is 1. The first kappa shape index (κ1) is 15.9. The van der Waals surface area contributed by atoms with Crippen molar-refractivity contribution in [3.63, 3.8) is 0 Å². The molecule has 0 fully saturated rings. The molecule has 0 aromatic rings. The lowest BCUT2D eigenvalue weighted by molar-refractivity contribution is 0.155. The summed E-state index contributed by atoms with van der Waals surface area (Å²) in [6.07, 6.45) is 10.0. The first-order valence-corrected chi connectivity index (χ1v) is 7.08. The number of unbranched alkanes of at least 4 members (excludes halogenated alkanes) is 6. The fourth-order valence-electron chi connectivity index (χ4n) is 1.81. The molecule has 2 nitrogen and oxygen atoms in total. The summed E-state index contributed by atoms with van der Waals surface area (Å²) in [5.41, 5.74) is 0. The summed E-state index contributed by atoms with van der Waals surface area (Å²) in [5, 5.41) is 12.9. The standard InChI is InChI=1S/C14H31NO/c1-4-5-6-7-8-9-10-11-14(16)12-15-13(2)3/h13-16H,4-12H2,1-3H3. The van der Waals surface area contributed by atoms with Crippen LogP contribution in [0.1, 0.15) is 72.1 Å². The molecule has 0 aromatic heterocycles. The van der Waals surface area contributed by atoms with Crippen molar-refractivity contribution in [1.29, 1.82) is 0 Å². The lowest BCUT2D eigenvalue weighted by atomic mass is 10.1. The van der Waals surface area contributed by atoms with E-state index in [1.165, 1.54) is 44.9 Å². The van der Waals surface area contributed by atoms with Crippen molar-refractivity contribution in [3.05, 3.63) is 0 Å². The summed E-state index contributed by atoms with van der Waals surface area (Å²) in [6.45, 7) is 7.21. The maximum atomic E-state index is 9.68. The fraction of sp³-hybridized carbons (Fsp3) is 1.00. The van der Waals surface area contributed by atoms with Gasteiger partial charge in [-0.1, -0.05) is 65.7 Å². The molecule has 1 atom stereocenters. The Kier molecular flexibility index (Phi) is 11.3.